The van der Waals surface area contributed by atoms with Crippen LogP contribution >= 0.6 is 0 Å². The van der Waals surface area contributed by atoms with Crippen LogP contribution in [0, 0.1) is 19.8 Å². The lowest BCUT2D eigenvalue weighted by atomic mass is 10.1. The van der Waals surface area contributed by atoms with Gasteiger partial charge in [0.2, 0.25) is 11.8 Å². The first-order valence-electron chi connectivity index (χ1n) is 13.8. The fraction of sp³-hybridized carbons (Fsp3) is 0.375. The lowest BCUT2D eigenvalue weighted by Gasteiger charge is -2.33. The quantitative estimate of drug-likeness (QED) is 0.313. The van der Waals surface area contributed by atoms with Crippen LogP contribution in [-0.4, -0.2) is 50.8 Å². The molecular weight excluding hydrogens is 522 g/mol. The Morgan fingerprint density at radius 1 is 0.875 bits per heavy atom. The van der Waals surface area contributed by atoms with E-state index in [1.54, 1.807) is 42.5 Å². The fourth-order valence-corrected chi connectivity index (χ4v) is 5.87. The Hall–Kier alpha value is -3.65. The van der Waals surface area contributed by atoms with Crippen LogP contribution in [0.3, 0.4) is 0 Å². The first-order valence-corrected chi connectivity index (χ1v) is 15.2. The summed E-state index contributed by atoms with van der Waals surface area (Å²) in [5.41, 5.74) is 3.23. The smallest absolute Gasteiger partial charge is 0.264 e. The molecule has 0 fully saturated rings. The maximum atomic E-state index is 14.0. The van der Waals surface area contributed by atoms with E-state index in [2.05, 4.69) is 5.32 Å². The summed E-state index contributed by atoms with van der Waals surface area (Å²) in [5.74, 6) is -0.410. The fourth-order valence-electron chi connectivity index (χ4n) is 4.47. The second-order valence-corrected chi connectivity index (χ2v) is 12.4. The standard InChI is InChI=1S/C32H41N3O4S/c1-6-30(32(37)33-22-24(2)3)34(20-19-27-12-8-7-9-13-27)31(36)23-35(28-14-10-11-26(5)21-28)40(38,39)29-17-15-25(4)16-18-29/h7-18,21,24,30H,6,19-20,22-23H2,1-5H3,(H,33,37)/t30-/m1/s1. The van der Waals surface area contributed by atoms with Crippen molar-refractivity contribution in [2.24, 2.45) is 5.92 Å². The maximum absolute atomic E-state index is 14.0. The number of nitrogens with zero attached hydrogens (tertiary/aromatic N) is 2. The van der Waals surface area contributed by atoms with Gasteiger partial charge in [-0.3, -0.25) is 13.9 Å². The zero-order valence-corrected chi connectivity index (χ0v) is 24.9. The summed E-state index contributed by atoms with van der Waals surface area (Å²) in [6.07, 6.45) is 0.940. The molecule has 0 unspecified atom stereocenters. The molecule has 40 heavy (non-hydrogen) atoms. The predicted octanol–water partition coefficient (Wildman–Crippen LogP) is 5.12. The van der Waals surface area contributed by atoms with Gasteiger partial charge in [-0.1, -0.05) is 80.9 Å². The Labute approximate surface area is 239 Å². The van der Waals surface area contributed by atoms with Crippen molar-refractivity contribution in [1.29, 1.82) is 0 Å². The van der Waals surface area contributed by atoms with Gasteiger partial charge in [0.05, 0.1) is 10.6 Å². The lowest BCUT2D eigenvalue weighted by molar-refractivity contribution is -0.139. The van der Waals surface area contributed by atoms with E-state index in [4.69, 9.17) is 0 Å². The molecule has 0 radical (unpaired) electrons. The maximum Gasteiger partial charge on any atom is 0.264 e. The van der Waals surface area contributed by atoms with Crippen LogP contribution in [-0.2, 0) is 26.0 Å². The molecule has 1 atom stereocenters. The minimum atomic E-state index is -4.07. The first-order chi connectivity index (χ1) is 19.0. The molecule has 3 aromatic rings. The number of carbonyl (C=O) groups is 2. The number of carbonyl (C=O) groups excluding carboxylic acids is 2. The summed E-state index contributed by atoms with van der Waals surface area (Å²) in [6, 6.07) is 22.7. The van der Waals surface area contributed by atoms with Crippen molar-refractivity contribution >= 4 is 27.5 Å². The highest BCUT2D eigenvalue weighted by Crippen LogP contribution is 2.25. The molecule has 0 spiro atoms. The molecule has 0 bridgehead atoms. The summed E-state index contributed by atoms with van der Waals surface area (Å²) < 4.78 is 29.0. The number of benzene rings is 3. The molecule has 3 aromatic carbocycles. The van der Waals surface area contributed by atoms with Crippen LogP contribution in [0.2, 0.25) is 0 Å². The number of hydrogen-bond donors (Lipinski definition) is 1. The zero-order valence-electron chi connectivity index (χ0n) is 24.1. The topological polar surface area (TPSA) is 86.8 Å². The summed E-state index contributed by atoms with van der Waals surface area (Å²) in [4.78, 5) is 28.9. The number of hydrogen-bond acceptors (Lipinski definition) is 4. The van der Waals surface area contributed by atoms with Crippen LogP contribution < -0.4 is 9.62 Å². The van der Waals surface area contributed by atoms with Crippen LogP contribution in [0.1, 0.15) is 43.9 Å². The van der Waals surface area contributed by atoms with Crippen LogP contribution in [0.5, 0.6) is 0 Å². The third kappa shape index (κ3) is 8.18. The second-order valence-electron chi connectivity index (χ2n) is 10.5. The Balaban J connectivity index is 1.99. The van der Waals surface area contributed by atoms with Gasteiger partial charge in [0.25, 0.3) is 10.0 Å². The Morgan fingerprint density at radius 3 is 2.15 bits per heavy atom. The van der Waals surface area contributed by atoms with Crippen molar-refractivity contribution in [2.75, 3.05) is 23.9 Å². The van der Waals surface area contributed by atoms with Gasteiger partial charge in [-0.15, -0.1) is 0 Å². The van der Waals surface area contributed by atoms with Crippen LogP contribution in [0.25, 0.3) is 0 Å². The lowest BCUT2D eigenvalue weighted by Crippen LogP contribution is -2.53. The number of amides is 2. The van der Waals surface area contributed by atoms with Gasteiger partial charge in [-0.05, 0) is 68.0 Å². The van der Waals surface area contributed by atoms with E-state index in [-0.39, 0.29) is 23.3 Å². The molecule has 0 aliphatic rings. The van der Waals surface area contributed by atoms with E-state index >= 15 is 0 Å². The largest absolute Gasteiger partial charge is 0.354 e. The summed E-state index contributed by atoms with van der Waals surface area (Å²) >= 11 is 0. The number of rotatable bonds is 13. The third-order valence-corrected chi connectivity index (χ3v) is 8.52. The molecule has 0 aromatic heterocycles. The molecule has 1 N–H and O–H groups in total. The molecule has 2 amide bonds. The molecule has 8 heteroatoms. The summed E-state index contributed by atoms with van der Waals surface area (Å²) in [6.45, 7) is 9.99. The minimum absolute atomic E-state index is 0.102. The monoisotopic (exact) mass is 563 g/mol. The van der Waals surface area contributed by atoms with Crippen molar-refractivity contribution in [3.63, 3.8) is 0 Å². The minimum Gasteiger partial charge on any atom is -0.354 e. The van der Waals surface area contributed by atoms with E-state index in [0.717, 1.165) is 21.0 Å². The van der Waals surface area contributed by atoms with Crippen LogP contribution in [0.15, 0.2) is 83.8 Å². The molecule has 0 aliphatic heterocycles. The molecular formula is C32H41N3O4S. The summed E-state index contributed by atoms with van der Waals surface area (Å²) in [5, 5.41) is 2.96. The van der Waals surface area contributed by atoms with Gasteiger partial charge in [0.1, 0.15) is 12.6 Å². The van der Waals surface area contributed by atoms with E-state index in [1.165, 1.54) is 4.90 Å². The SMILES string of the molecule is CC[C@H](C(=O)NCC(C)C)N(CCc1ccccc1)C(=O)CN(c1cccc(C)c1)S(=O)(=O)c1ccc(C)cc1. The normalized spacial score (nSPS) is 12.2. The Morgan fingerprint density at radius 2 is 1.55 bits per heavy atom. The highest BCUT2D eigenvalue weighted by molar-refractivity contribution is 7.92. The molecule has 3 rings (SSSR count). The average Bonchev–Trinajstić information content (AvgIpc) is 2.93. The molecule has 0 heterocycles. The van der Waals surface area contributed by atoms with Gasteiger partial charge in [-0.25, -0.2) is 8.42 Å². The Kier molecular flexibility index (Phi) is 10.9. The molecule has 7 nitrogen and oxygen atoms in total. The van der Waals surface area contributed by atoms with Gasteiger partial charge < -0.3 is 10.2 Å². The zero-order chi connectivity index (χ0) is 29.3. The molecule has 214 valence electrons. The number of anilines is 1. The van der Waals surface area contributed by atoms with E-state index in [0.29, 0.717) is 25.1 Å². The van der Waals surface area contributed by atoms with Crippen molar-refractivity contribution in [2.45, 2.75) is 58.4 Å². The third-order valence-electron chi connectivity index (χ3n) is 6.73. The molecule has 0 saturated heterocycles. The Bertz CT molecular complexity index is 1370. The van der Waals surface area contributed by atoms with Crippen molar-refractivity contribution < 1.29 is 18.0 Å². The predicted molar refractivity (Wildman–Crippen MR) is 161 cm³/mol. The van der Waals surface area contributed by atoms with Crippen molar-refractivity contribution in [3.05, 3.63) is 95.6 Å². The summed E-state index contributed by atoms with van der Waals surface area (Å²) in [7, 11) is -4.07. The van der Waals surface area contributed by atoms with Gasteiger partial charge in [-0.2, -0.15) is 0 Å². The van der Waals surface area contributed by atoms with Gasteiger partial charge in [0, 0.05) is 13.1 Å². The van der Waals surface area contributed by atoms with Crippen LogP contribution in [0.4, 0.5) is 5.69 Å². The van der Waals surface area contributed by atoms with E-state index < -0.39 is 28.5 Å². The molecule has 0 saturated carbocycles. The molecule has 0 aliphatic carbocycles. The van der Waals surface area contributed by atoms with E-state index in [9.17, 15) is 18.0 Å². The number of aryl methyl sites for hydroxylation is 2. The van der Waals surface area contributed by atoms with Gasteiger partial charge in [0.15, 0.2) is 0 Å². The highest BCUT2D eigenvalue weighted by Gasteiger charge is 2.33. The average molecular weight is 564 g/mol. The van der Waals surface area contributed by atoms with Gasteiger partial charge >= 0.3 is 0 Å². The van der Waals surface area contributed by atoms with Crippen molar-refractivity contribution in [3.8, 4) is 0 Å². The van der Waals surface area contributed by atoms with Crippen molar-refractivity contribution in [1.82, 2.24) is 10.2 Å². The highest BCUT2D eigenvalue weighted by atomic mass is 32.2. The number of sulfonamides is 1. The van der Waals surface area contributed by atoms with E-state index in [1.807, 2.05) is 71.0 Å². The first kappa shape index (κ1) is 30.9. The number of nitrogens with one attached hydrogen (secondary N) is 1. The second kappa shape index (κ2) is 14.1.